The molecular weight excluding hydrogens is 414 g/mol. The SMILES string of the molecule is CCN(C)[C@@H]1Cc2ccc(O)cc2C(C)(C)[C@H]1N(C)C(=O)Nc1nc2ccccc2n1CC. The van der Waals surface area contributed by atoms with Crippen LogP contribution in [0.15, 0.2) is 42.5 Å². The maximum atomic E-state index is 13.6. The number of phenolic OH excluding ortho intramolecular Hbond substituents is 1. The predicted molar refractivity (Wildman–Crippen MR) is 133 cm³/mol. The van der Waals surface area contributed by atoms with E-state index in [2.05, 4.69) is 43.0 Å². The van der Waals surface area contributed by atoms with Gasteiger partial charge in [0.15, 0.2) is 0 Å². The van der Waals surface area contributed by atoms with Gasteiger partial charge in [-0.2, -0.15) is 0 Å². The van der Waals surface area contributed by atoms with E-state index in [1.807, 2.05) is 59.8 Å². The molecule has 0 bridgehead atoms. The third-order valence-corrected chi connectivity index (χ3v) is 7.31. The van der Waals surface area contributed by atoms with Gasteiger partial charge in [-0.1, -0.05) is 39.0 Å². The molecule has 1 heterocycles. The molecule has 1 aliphatic carbocycles. The lowest BCUT2D eigenvalue weighted by atomic mass is 9.66. The number of carbonyl (C=O) groups excluding carboxylic acids is 1. The molecule has 0 saturated carbocycles. The van der Waals surface area contributed by atoms with Gasteiger partial charge in [-0.15, -0.1) is 0 Å². The number of phenols is 1. The van der Waals surface area contributed by atoms with Crippen LogP contribution in [0.2, 0.25) is 0 Å². The van der Waals surface area contributed by atoms with E-state index in [0.717, 1.165) is 29.6 Å². The van der Waals surface area contributed by atoms with Crippen LogP contribution < -0.4 is 5.32 Å². The largest absolute Gasteiger partial charge is 0.508 e. The van der Waals surface area contributed by atoms with E-state index in [1.165, 1.54) is 5.56 Å². The van der Waals surface area contributed by atoms with Gasteiger partial charge in [-0.3, -0.25) is 5.32 Å². The fraction of sp³-hybridized carbons (Fsp3) is 0.462. The average molecular weight is 450 g/mol. The van der Waals surface area contributed by atoms with Crippen LogP contribution in [-0.2, 0) is 18.4 Å². The summed E-state index contributed by atoms with van der Waals surface area (Å²) in [6.07, 6.45) is 0.819. The number of likely N-dealkylation sites (N-methyl/N-ethyl adjacent to an activating group) is 2. The van der Waals surface area contributed by atoms with E-state index < -0.39 is 0 Å². The summed E-state index contributed by atoms with van der Waals surface area (Å²) in [7, 11) is 3.98. The molecule has 7 heteroatoms. The monoisotopic (exact) mass is 449 g/mol. The minimum atomic E-state index is -0.364. The van der Waals surface area contributed by atoms with E-state index in [-0.39, 0.29) is 29.3 Å². The van der Waals surface area contributed by atoms with Gasteiger partial charge in [0, 0.05) is 25.0 Å². The molecule has 2 aromatic carbocycles. The fourth-order valence-electron chi connectivity index (χ4n) is 5.49. The second-order valence-electron chi connectivity index (χ2n) is 9.56. The normalized spacial score (nSPS) is 19.5. The summed E-state index contributed by atoms with van der Waals surface area (Å²) >= 11 is 0. The molecule has 0 fully saturated rings. The lowest BCUT2D eigenvalue weighted by Gasteiger charge is -2.51. The van der Waals surface area contributed by atoms with Gasteiger partial charge in [-0.25, -0.2) is 9.78 Å². The van der Waals surface area contributed by atoms with Crippen molar-refractivity contribution in [2.24, 2.45) is 0 Å². The molecular formula is C26H35N5O2. The smallest absolute Gasteiger partial charge is 0.324 e. The maximum Gasteiger partial charge on any atom is 0.324 e. The fourth-order valence-corrected chi connectivity index (χ4v) is 5.49. The number of hydrogen-bond donors (Lipinski definition) is 2. The van der Waals surface area contributed by atoms with Gasteiger partial charge < -0.3 is 19.5 Å². The van der Waals surface area contributed by atoms with Crippen LogP contribution in [0.1, 0.15) is 38.8 Å². The Bertz CT molecular complexity index is 1170. The highest BCUT2D eigenvalue weighted by Crippen LogP contribution is 2.42. The number of anilines is 1. The van der Waals surface area contributed by atoms with Crippen molar-refractivity contribution in [2.45, 2.75) is 58.2 Å². The first-order valence-corrected chi connectivity index (χ1v) is 11.7. The number of aromatic nitrogens is 2. The number of benzene rings is 2. The minimum Gasteiger partial charge on any atom is -0.508 e. The Balaban J connectivity index is 1.70. The zero-order valence-corrected chi connectivity index (χ0v) is 20.5. The van der Waals surface area contributed by atoms with Crippen LogP contribution in [0.25, 0.3) is 11.0 Å². The van der Waals surface area contributed by atoms with Gasteiger partial charge >= 0.3 is 6.03 Å². The zero-order chi connectivity index (χ0) is 23.9. The highest BCUT2D eigenvalue weighted by Gasteiger charge is 2.47. The van der Waals surface area contributed by atoms with Crippen molar-refractivity contribution in [3.8, 4) is 5.75 Å². The second-order valence-corrected chi connectivity index (χ2v) is 9.56. The number of para-hydroxylation sites is 2. The Hall–Kier alpha value is -3.06. The third-order valence-electron chi connectivity index (χ3n) is 7.31. The highest BCUT2D eigenvalue weighted by molar-refractivity contribution is 5.90. The average Bonchev–Trinajstić information content (AvgIpc) is 3.15. The summed E-state index contributed by atoms with van der Waals surface area (Å²) in [6, 6.07) is 13.4. The number of hydrogen-bond acceptors (Lipinski definition) is 4. The summed E-state index contributed by atoms with van der Waals surface area (Å²) in [6.45, 7) is 10.1. The van der Waals surface area contributed by atoms with Crippen molar-refractivity contribution in [3.05, 3.63) is 53.6 Å². The molecule has 0 unspecified atom stereocenters. The van der Waals surface area contributed by atoms with Crippen LogP contribution in [-0.4, -0.2) is 63.2 Å². The Morgan fingerprint density at radius 1 is 1.21 bits per heavy atom. The topological polar surface area (TPSA) is 73.6 Å². The van der Waals surface area contributed by atoms with Gasteiger partial charge in [0.2, 0.25) is 5.95 Å². The first-order chi connectivity index (χ1) is 15.7. The van der Waals surface area contributed by atoms with E-state index in [1.54, 1.807) is 6.07 Å². The molecule has 1 aromatic heterocycles. The number of aryl methyl sites for hydroxylation is 1. The molecule has 33 heavy (non-hydrogen) atoms. The number of urea groups is 1. The summed E-state index contributed by atoms with van der Waals surface area (Å²) in [4.78, 5) is 22.4. The molecule has 1 aliphatic rings. The molecule has 2 amide bonds. The third kappa shape index (κ3) is 3.95. The quantitative estimate of drug-likeness (QED) is 0.604. The first-order valence-electron chi connectivity index (χ1n) is 11.7. The number of nitrogens with one attached hydrogen (secondary N) is 1. The zero-order valence-electron chi connectivity index (χ0n) is 20.5. The lowest BCUT2D eigenvalue weighted by Crippen LogP contribution is -2.63. The molecule has 3 aromatic rings. The van der Waals surface area contributed by atoms with Gasteiger partial charge in [0.05, 0.1) is 17.1 Å². The van der Waals surface area contributed by atoms with Crippen LogP contribution in [0, 0.1) is 0 Å². The standard InChI is InChI=1S/C26H35N5O2/c1-7-29(5)22-15-17-13-14-18(32)16-19(17)26(3,4)23(22)30(6)25(33)28-24-27-20-11-9-10-12-21(20)31(24)8-2/h9-14,16,22-23,32H,7-8,15H2,1-6H3,(H,27,28,33)/t22-,23+/m1/s1. The molecule has 2 N–H and O–H groups in total. The van der Waals surface area contributed by atoms with E-state index in [0.29, 0.717) is 12.5 Å². The summed E-state index contributed by atoms with van der Waals surface area (Å²) < 4.78 is 2.02. The van der Waals surface area contributed by atoms with Crippen molar-refractivity contribution in [1.82, 2.24) is 19.4 Å². The molecule has 4 rings (SSSR count). The number of imidazole rings is 1. The summed E-state index contributed by atoms with van der Waals surface area (Å²) in [5.41, 5.74) is 3.82. The van der Waals surface area contributed by atoms with E-state index >= 15 is 0 Å². The number of rotatable bonds is 5. The van der Waals surface area contributed by atoms with Gasteiger partial charge in [0.1, 0.15) is 5.75 Å². The Morgan fingerprint density at radius 3 is 2.64 bits per heavy atom. The Labute approximate surface area is 196 Å². The molecule has 0 saturated heterocycles. The number of amides is 2. The van der Waals surface area contributed by atoms with E-state index in [4.69, 9.17) is 0 Å². The van der Waals surface area contributed by atoms with Crippen LogP contribution in [0.4, 0.5) is 10.7 Å². The molecule has 0 spiro atoms. The van der Waals surface area contributed by atoms with Gasteiger partial charge in [-0.05, 0) is 62.3 Å². The van der Waals surface area contributed by atoms with Crippen molar-refractivity contribution in [2.75, 3.05) is 26.0 Å². The predicted octanol–water partition coefficient (Wildman–Crippen LogP) is 4.45. The minimum absolute atomic E-state index is 0.101. The Kier molecular flexibility index (Phi) is 6.10. The highest BCUT2D eigenvalue weighted by atomic mass is 16.3. The number of fused-ring (bicyclic) bond motifs is 2. The lowest BCUT2D eigenvalue weighted by molar-refractivity contribution is 0.0782. The van der Waals surface area contributed by atoms with Gasteiger partial charge in [0.25, 0.3) is 0 Å². The maximum absolute atomic E-state index is 13.6. The number of carbonyl (C=O) groups is 1. The van der Waals surface area contributed by atoms with Crippen LogP contribution in [0.5, 0.6) is 5.75 Å². The van der Waals surface area contributed by atoms with Crippen molar-refractivity contribution in [1.29, 1.82) is 0 Å². The first kappa shape index (κ1) is 23.1. The van der Waals surface area contributed by atoms with E-state index in [9.17, 15) is 9.90 Å². The molecule has 7 nitrogen and oxygen atoms in total. The second kappa shape index (κ2) is 8.71. The van der Waals surface area contributed by atoms with Crippen LogP contribution >= 0.6 is 0 Å². The summed E-state index contributed by atoms with van der Waals surface area (Å²) in [5.74, 6) is 0.814. The molecule has 0 radical (unpaired) electrons. The summed E-state index contributed by atoms with van der Waals surface area (Å²) in [5, 5.41) is 13.3. The van der Waals surface area contributed by atoms with Crippen molar-refractivity contribution >= 4 is 23.0 Å². The Morgan fingerprint density at radius 2 is 1.94 bits per heavy atom. The van der Waals surface area contributed by atoms with Crippen molar-refractivity contribution in [3.63, 3.8) is 0 Å². The molecule has 176 valence electrons. The number of nitrogens with zero attached hydrogens (tertiary/aromatic N) is 4. The molecule has 2 atom stereocenters. The number of aromatic hydroxyl groups is 1. The molecule has 0 aliphatic heterocycles. The van der Waals surface area contributed by atoms with Crippen molar-refractivity contribution < 1.29 is 9.90 Å². The van der Waals surface area contributed by atoms with Crippen LogP contribution in [0.3, 0.4) is 0 Å².